The molecule has 4 N–H and O–H groups in total. The van der Waals surface area contributed by atoms with Crippen molar-refractivity contribution >= 4 is 37.3 Å². The average Bonchev–Trinajstić information content (AvgIpc) is 3.94. The lowest BCUT2D eigenvalue weighted by molar-refractivity contribution is -0.929. The van der Waals surface area contributed by atoms with Gasteiger partial charge in [-0.2, -0.15) is 22.8 Å². The maximum absolute atomic E-state index is 11.9. The van der Waals surface area contributed by atoms with Crippen LogP contribution in [0.3, 0.4) is 0 Å². The minimum absolute atomic E-state index is 0.0386. The summed E-state index contributed by atoms with van der Waals surface area (Å²) in [6, 6.07) is -0.743. The molecule has 450 valence electrons. The normalized spacial score (nSPS) is 17.5. The van der Waals surface area contributed by atoms with E-state index in [1.165, 1.54) is 246 Å². The van der Waals surface area contributed by atoms with Gasteiger partial charge in [-0.3, -0.25) is 4.79 Å². The van der Waals surface area contributed by atoms with Crippen LogP contribution in [0.15, 0.2) is 15.0 Å². The van der Waals surface area contributed by atoms with E-state index < -0.39 is 38.2 Å². The van der Waals surface area contributed by atoms with Crippen molar-refractivity contribution in [1.29, 1.82) is 0 Å². The van der Waals surface area contributed by atoms with Crippen molar-refractivity contribution in [2.75, 3.05) is 85.1 Å². The van der Waals surface area contributed by atoms with Crippen molar-refractivity contribution in [1.82, 2.24) is 4.90 Å². The van der Waals surface area contributed by atoms with E-state index in [2.05, 4.69) is 98.1 Å². The fraction of sp³-hybridized carbons (Fsp3) is 0.914. The molecular weight excluding hydrogens is 984 g/mol. The molecule has 3 heterocycles. The lowest BCUT2D eigenvalue weighted by atomic mass is 10.1. The number of urea groups is 1. The predicted molar refractivity (Wildman–Crippen MR) is 311 cm³/mol. The number of amides is 3. The van der Waals surface area contributed by atoms with Gasteiger partial charge in [0.25, 0.3) is 0 Å². The summed E-state index contributed by atoms with van der Waals surface area (Å²) >= 11 is 0. The number of aliphatic imine (C=N–C) groups is 3. The number of aliphatic hydroxyl groups excluding tert-OH is 2. The highest BCUT2D eigenvalue weighted by atomic mass is 31.2. The van der Waals surface area contributed by atoms with E-state index in [4.69, 9.17) is 34.8 Å². The van der Waals surface area contributed by atoms with Crippen LogP contribution in [-0.4, -0.2) is 162 Å². The number of guanidine groups is 1. The third-order valence-corrected chi connectivity index (χ3v) is 15.0. The van der Waals surface area contributed by atoms with E-state index in [0.717, 1.165) is 4.90 Å². The Morgan fingerprint density at radius 1 is 0.513 bits per heavy atom. The third kappa shape index (κ3) is 33.4. The Labute approximate surface area is 465 Å². The number of ether oxygens (including phenoxy) is 1. The highest BCUT2D eigenvalue weighted by Crippen LogP contribution is 2.28. The number of phosphoric acid groups is 1. The van der Waals surface area contributed by atoms with Gasteiger partial charge in [0.05, 0.1) is 91.2 Å². The molecule has 3 amide bonds. The molecule has 1 fully saturated rings. The molecule has 0 aromatic heterocycles. The van der Waals surface area contributed by atoms with E-state index in [-0.39, 0.29) is 30.5 Å². The minimum atomic E-state index is -5.39. The first-order valence-corrected chi connectivity index (χ1v) is 32.3. The minimum Gasteiger partial charge on any atom is -0.822 e. The van der Waals surface area contributed by atoms with E-state index in [0.29, 0.717) is 0 Å². The van der Waals surface area contributed by atoms with Crippen LogP contribution in [0.5, 0.6) is 0 Å². The second-order valence-electron chi connectivity index (χ2n) is 21.8. The van der Waals surface area contributed by atoms with Crippen molar-refractivity contribution in [2.45, 2.75) is 262 Å². The van der Waals surface area contributed by atoms with Gasteiger partial charge in [-0.05, 0) is 77.0 Å². The number of rotatable bonds is 38. The maximum Gasteiger partial charge on any atom is 0.352 e. The summed E-state index contributed by atoms with van der Waals surface area (Å²) in [6.45, 7) is 44.7. The molecule has 0 radical (unpaired) electrons. The lowest BCUT2D eigenvalue weighted by Gasteiger charge is -2.39. The fourth-order valence-corrected chi connectivity index (χ4v) is 10.2. The molecule has 3 aliphatic heterocycles. The first-order chi connectivity index (χ1) is 36.2. The van der Waals surface area contributed by atoms with Crippen LogP contribution < -0.4 is 20.4 Å². The van der Waals surface area contributed by atoms with Crippen molar-refractivity contribution in [3.63, 3.8) is 0 Å². The Balaban J connectivity index is 0. The monoisotopic (exact) mass is 1100 g/mol. The number of nitrogens with two attached hydrogens (primary N) is 1. The van der Waals surface area contributed by atoms with E-state index in [1.807, 2.05) is 0 Å². The van der Waals surface area contributed by atoms with Crippen LogP contribution in [0.4, 0.5) is 4.79 Å². The Kier molecular flexibility index (Phi) is 45.5. The number of fused-ring (bicyclic) bond motifs is 1. The number of quaternary nitrogens is 3. The number of amidine groups is 1. The van der Waals surface area contributed by atoms with Crippen LogP contribution in [0.25, 0.3) is 0 Å². The number of hydrogen-bond donors (Lipinski definition) is 3. The fourth-order valence-electron chi connectivity index (χ4n) is 10.2. The second kappa shape index (κ2) is 45.5. The number of aliphatic hydroxyl groups is 2. The molecule has 0 bridgehead atoms. The zero-order valence-electron chi connectivity index (χ0n) is 51.0. The lowest BCUT2D eigenvalue weighted by Crippen LogP contribution is -2.50. The van der Waals surface area contributed by atoms with Gasteiger partial charge >= 0.3 is 11.9 Å². The van der Waals surface area contributed by atoms with Crippen LogP contribution in [0.2, 0.25) is 0 Å². The summed E-state index contributed by atoms with van der Waals surface area (Å²) in [7, 11) is -5.39. The number of nitrogens with zero attached hydrogens (tertiary/aromatic N) is 7. The summed E-state index contributed by atoms with van der Waals surface area (Å²) in [5.74, 6) is -1.07. The Morgan fingerprint density at radius 3 is 0.974 bits per heavy atom. The zero-order valence-corrected chi connectivity index (χ0v) is 51.9. The summed E-state index contributed by atoms with van der Waals surface area (Å²) in [4.78, 5) is 60.9. The number of hydrogen-bond acceptors (Lipinski definition) is 11. The van der Waals surface area contributed by atoms with E-state index >= 15 is 0 Å². The Hall–Kier alpha value is -2.18. The first kappa shape index (κ1) is 75.9. The van der Waals surface area contributed by atoms with Gasteiger partial charge in [0.2, 0.25) is 5.96 Å². The summed E-state index contributed by atoms with van der Waals surface area (Å²) in [5.41, 5.74) is 5.19. The molecule has 1 saturated heterocycles. The van der Waals surface area contributed by atoms with Gasteiger partial charge in [0.15, 0.2) is 11.5 Å². The highest BCUT2D eigenvalue weighted by Gasteiger charge is 2.47. The van der Waals surface area contributed by atoms with Gasteiger partial charge in [-0.1, -0.05) is 160 Å². The zero-order chi connectivity index (χ0) is 57.9. The van der Waals surface area contributed by atoms with Crippen molar-refractivity contribution in [3.8, 4) is 0 Å². The molecule has 17 nitrogen and oxygen atoms in total. The van der Waals surface area contributed by atoms with Crippen LogP contribution >= 0.6 is 7.82 Å². The van der Waals surface area contributed by atoms with Gasteiger partial charge in [-0.25, -0.2) is 9.69 Å². The van der Waals surface area contributed by atoms with E-state index in [9.17, 15) is 14.7 Å². The van der Waals surface area contributed by atoms with Crippen LogP contribution in [-0.2, 0) is 14.1 Å². The molecule has 0 aliphatic carbocycles. The largest absolute Gasteiger partial charge is 0.822 e. The Bertz CT molecular complexity index is 1410. The molecule has 0 aromatic carbocycles. The molecule has 3 atom stereocenters. The van der Waals surface area contributed by atoms with Gasteiger partial charge in [-0.15, -0.1) is 0 Å². The van der Waals surface area contributed by atoms with Crippen LogP contribution in [0, 0.1) is 0 Å². The molecule has 3 aliphatic rings. The summed E-state index contributed by atoms with van der Waals surface area (Å²) in [5, 5.41) is 18.7. The maximum atomic E-state index is 11.9. The van der Waals surface area contributed by atoms with Gasteiger partial charge < -0.3 is 53.4 Å². The molecule has 3 rings (SSSR count). The summed E-state index contributed by atoms with van der Waals surface area (Å²) in [6.07, 6.45) is 30.7. The summed E-state index contributed by atoms with van der Waals surface area (Å²) < 4.78 is 18.2. The van der Waals surface area contributed by atoms with Crippen LogP contribution in [0.1, 0.15) is 244 Å². The molecular formula is C58H119N8O9P. The predicted octanol–water partition coefficient (Wildman–Crippen LogP) is 9.77. The number of carbonyl (C=O) groups excluding carboxylic acids is 2. The second-order valence-corrected chi connectivity index (χ2v) is 22.7. The molecule has 18 heteroatoms. The average molecular weight is 1100 g/mol. The third-order valence-electron chi connectivity index (χ3n) is 15.0. The van der Waals surface area contributed by atoms with E-state index in [1.54, 1.807) is 0 Å². The quantitative estimate of drug-likeness (QED) is 0.0391. The van der Waals surface area contributed by atoms with Gasteiger partial charge in [0, 0.05) is 6.42 Å². The highest BCUT2D eigenvalue weighted by molar-refractivity contribution is 7.40. The first-order valence-electron chi connectivity index (χ1n) is 30.9. The standard InChI is InChI=1S/3C16H36N.C10H11N5O5.H3O4P/c3*1-5-9-13-17(14-10-6-2,15-11-7-3)16-12-8-4;11-9-13-7-6(8(18)14-9)12-10(19)15(7)5-1-3(17)4(2-16)20-5;1-5(2,3)4/h3*5-16H2,1-4H3;3-5,16-17H,1-2H2,(H2,11,14,18);(H3,1,2,3,4)/q3*+1;;/p-3/t;;;3-,4+,5+;/m...0./s1. The van der Waals surface area contributed by atoms with Crippen molar-refractivity contribution in [3.05, 3.63) is 0 Å². The number of carbonyl (C=O) groups is 2. The molecule has 0 aromatic rings. The molecule has 76 heavy (non-hydrogen) atoms. The molecule has 0 saturated carbocycles. The Morgan fingerprint density at radius 2 is 0.763 bits per heavy atom. The topological polar surface area (TPSA) is 236 Å². The van der Waals surface area contributed by atoms with Gasteiger partial charge in [0.1, 0.15) is 12.3 Å². The molecule has 0 unspecified atom stereocenters. The SMILES string of the molecule is CCCC[N+](CCCC)(CCCC)CCCC.CCCC[N+](CCCC)(CCCC)CCCC.CCCC[N+](CCCC)(CCCC)CCCC.NC1=NC(=O)C2=NC(=O)N([C@H]3C[C@H](O)[C@@H](CO)O3)C2=N1.O=P([O-])([O-])[O-]. The van der Waals surface area contributed by atoms with Crippen molar-refractivity contribution < 1.29 is 57.2 Å². The smallest absolute Gasteiger partial charge is 0.352 e. The number of unbranched alkanes of at least 4 members (excludes halogenated alkanes) is 12. The van der Waals surface area contributed by atoms with Crippen molar-refractivity contribution in [2.24, 2.45) is 20.7 Å². The molecule has 0 spiro atoms.